The van der Waals surface area contributed by atoms with Crippen molar-refractivity contribution in [3.8, 4) is 12.3 Å². The summed E-state index contributed by atoms with van der Waals surface area (Å²) in [5, 5.41) is 0. The molecule has 0 N–H and O–H groups in total. The summed E-state index contributed by atoms with van der Waals surface area (Å²) >= 11 is 0. The van der Waals surface area contributed by atoms with E-state index in [0.29, 0.717) is 22.6 Å². The van der Waals surface area contributed by atoms with E-state index in [4.69, 9.17) is 10.8 Å². The highest BCUT2D eigenvalue weighted by atomic mass is 16.3. The number of aryl methyl sites for hydroxylation is 1. The summed E-state index contributed by atoms with van der Waals surface area (Å²) in [4.78, 5) is 26.4. The van der Waals surface area contributed by atoms with Crippen LogP contribution >= 0.6 is 0 Å². The highest BCUT2D eigenvalue weighted by Gasteiger charge is 2.20. The van der Waals surface area contributed by atoms with Gasteiger partial charge in [0.1, 0.15) is 5.76 Å². The van der Waals surface area contributed by atoms with Crippen LogP contribution in [0.5, 0.6) is 0 Å². The van der Waals surface area contributed by atoms with Crippen LogP contribution in [0.1, 0.15) is 21.7 Å². The highest BCUT2D eigenvalue weighted by molar-refractivity contribution is 6.05. The van der Waals surface area contributed by atoms with Gasteiger partial charge in [-0.3, -0.25) is 9.59 Å². The molecule has 0 radical (unpaired) electrons. The first-order valence-electron chi connectivity index (χ1n) is 7.66. The Morgan fingerprint density at radius 3 is 2.76 bits per heavy atom. The normalized spacial score (nSPS) is 10.2. The molecule has 1 amide bonds. The SMILES string of the molecule is C#Cc1cccc(N(Cc2ccco2)C(=O)c2ccn(C)c(=O)c2)c1. The maximum absolute atomic E-state index is 13.0. The minimum Gasteiger partial charge on any atom is -0.467 e. The zero-order valence-electron chi connectivity index (χ0n) is 13.7. The number of hydrogen-bond acceptors (Lipinski definition) is 3. The van der Waals surface area contributed by atoms with Crippen LogP contribution in [-0.4, -0.2) is 10.5 Å². The van der Waals surface area contributed by atoms with Crippen LogP contribution in [0.4, 0.5) is 5.69 Å². The molecule has 0 saturated carbocycles. The van der Waals surface area contributed by atoms with Crippen molar-refractivity contribution in [2.24, 2.45) is 7.05 Å². The molecule has 0 fully saturated rings. The van der Waals surface area contributed by atoms with Crippen molar-refractivity contribution in [3.05, 3.63) is 88.2 Å². The lowest BCUT2D eigenvalue weighted by Crippen LogP contribution is -2.31. The summed E-state index contributed by atoms with van der Waals surface area (Å²) in [7, 11) is 1.63. The molecular weight excluding hydrogens is 316 g/mol. The predicted molar refractivity (Wildman–Crippen MR) is 95.3 cm³/mol. The number of anilines is 1. The van der Waals surface area contributed by atoms with Gasteiger partial charge in [0.05, 0.1) is 12.8 Å². The quantitative estimate of drug-likeness (QED) is 0.690. The number of furan rings is 1. The van der Waals surface area contributed by atoms with Gasteiger partial charge >= 0.3 is 0 Å². The molecule has 0 aliphatic carbocycles. The summed E-state index contributed by atoms with van der Waals surface area (Å²) < 4.78 is 6.78. The summed E-state index contributed by atoms with van der Waals surface area (Å²) in [5.74, 6) is 2.89. The van der Waals surface area contributed by atoms with Gasteiger partial charge in [0.2, 0.25) is 0 Å². The second-order valence-corrected chi connectivity index (χ2v) is 5.53. The topological polar surface area (TPSA) is 55.5 Å². The lowest BCUT2D eigenvalue weighted by atomic mass is 10.1. The minimum absolute atomic E-state index is 0.231. The Morgan fingerprint density at radius 2 is 2.08 bits per heavy atom. The Kier molecular flexibility index (Phi) is 4.53. The van der Waals surface area contributed by atoms with Gasteiger partial charge < -0.3 is 13.9 Å². The van der Waals surface area contributed by atoms with E-state index in [1.54, 1.807) is 62.0 Å². The fourth-order valence-electron chi connectivity index (χ4n) is 2.44. The van der Waals surface area contributed by atoms with Crippen molar-refractivity contribution < 1.29 is 9.21 Å². The van der Waals surface area contributed by atoms with Crippen LogP contribution in [0.3, 0.4) is 0 Å². The van der Waals surface area contributed by atoms with Crippen molar-refractivity contribution in [2.75, 3.05) is 4.90 Å². The second-order valence-electron chi connectivity index (χ2n) is 5.53. The van der Waals surface area contributed by atoms with E-state index < -0.39 is 0 Å². The molecule has 0 bridgehead atoms. The standard InChI is InChI=1S/C20H16N2O3/c1-3-15-6-4-7-17(12-15)22(14-18-8-5-11-25-18)20(24)16-9-10-21(2)19(23)13-16/h1,4-13H,14H2,2H3. The molecular formula is C20H16N2O3. The third-order valence-corrected chi connectivity index (χ3v) is 3.81. The maximum Gasteiger partial charge on any atom is 0.258 e. The number of nitrogens with zero attached hydrogens (tertiary/aromatic N) is 2. The third-order valence-electron chi connectivity index (χ3n) is 3.81. The van der Waals surface area contributed by atoms with Gasteiger partial charge in [-0.05, 0) is 36.4 Å². The van der Waals surface area contributed by atoms with Gasteiger partial charge in [0.15, 0.2) is 0 Å². The number of carbonyl (C=O) groups excluding carboxylic acids is 1. The Labute approximate surface area is 145 Å². The smallest absolute Gasteiger partial charge is 0.258 e. The van der Waals surface area contributed by atoms with Crippen LogP contribution in [0, 0.1) is 12.3 Å². The Bertz CT molecular complexity index is 994. The van der Waals surface area contributed by atoms with E-state index in [1.807, 2.05) is 0 Å². The first-order valence-corrected chi connectivity index (χ1v) is 7.66. The van der Waals surface area contributed by atoms with Crippen LogP contribution in [-0.2, 0) is 13.6 Å². The maximum atomic E-state index is 13.0. The van der Waals surface area contributed by atoms with Gasteiger partial charge in [-0.25, -0.2) is 0 Å². The highest BCUT2D eigenvalue weighted by Crippen LogP contribution is 2.21. The monoisotopic (exact) mass is 332 g/mol. The van der Waals surface area contributed by atoms with Crippen molar-refractivity contribution in [1.29, 1.82) is 0 Å². The molecule has 5 heteroatoms. The molecule has 3 aromatic rings. The van der Waals surface area contributed by atoms with E-state index in [-0.39, 0.29) is 18.0 Å². The number of benzene rings is 1. The van der Waals surface area contributed by atoms with Crippen LogP contribution < -0.4 is 10.5 Å². The van der Waals surface area contributed by atoms with E-state index in [0.717, 1.165) is 0 Å². The number of amides is 1. The molecule has 0 aliphatic heterocycles. The number of aromatic nitrogens is 1. The first kappa shape index (κ1) is 16.3. The summed E-state index contributed by atoms with van der Waals surface area (Å²) in [6.45, 7) is 0.231. The van der Waals surface area contributed by atoms with Crippen molar-refractivity contribution in [3.63, 3.8) is 0 Å². The largest absolute Gasteiger partial charge is 0.467 e. The Morgan fingerprint density at radius 1 is 1.24 bits per heavy atom. The third kappa shape index (κ3) is 3.54. The number of carbonyl (C=O) groups is 1. The average molecular weight is 332 g/mol. The number of hydrogen-bond donors (Lipinski definition) is 0. The number of terminal acetylenes is 1. The molecule has 5 nitrogen and oxygen atoms in total. The lowest BCUT2D eigenvalue weighted by Gasteiger charge is -2.22. The van der Waals surface area contributed by atoms with Gasteiger partial charge in [0.25, 0.3) is 11.5 Å². The van der Waals surface area contributed by atoms with Gasteiger partial charge in [0, 0.05) is 36.1 Å². The van der Waals surface area contributed by atoms with Crippen LogP contribution in [0.2, 0.25) is 0 Å². The lowest BCUT2D eigenvalue weighted by molar-refractivity contribution is 0.0983. The predicted octanol–water partition coefficient (Wildman–Crippen LogP) is 2.81. The van der Waals surface area contributed by atoms with Crippen molar-refractivity contribution in [1.82, 2.24) is 4.57 Å². The van der Waals surface area contributed by atoms with Crippen LogP contribution in [0.25, 0.3) is 0 Å². The summed E-state index contributed by atoms with van der Waals surface area (Å²) in [6.07, 6.45) is 8.58. The molecule has 3 rings (SSSR count). The molecule has 0 spiro atoms. The summed E-state index contributed by atoms with van der Waals surface area (Å²) in [6, 6.07) is 13.6. The average Bonchev–Trinajstić information content (AvgIpc) is 3.14. The number of pyridine rings is 1. The molecule has 0 atom stereocenters. The Balaban J connectivity index is 2.03. The zero-order chi connectivity index (χ0) is 17.8. The van der Waals surface area contributed by atoms with E-state index in [1.165, 1.54) is 15.5 Å². The van der Waals surface area contributed by atoms with E-state index in [2.05, 4.69) is 5.92 Å². The molecule has 0 aliphatic rings. The van der Waals surface area contributed by atoms with Gasteiger partial charge in [-0.15, -0.1) is 6.42 Å². The fraction of sp³-hybridized carbons (Fsp3) is 0.100. The molecule has 0 unspecified atom stereocenters. The molecule has 124 valence electrons. The minimum atomic E-state index is -0.303. The molecule has 2 heterocycles. The van der Waals surface area contributed by atoms with Crippen molar-refractivity contribution >= 4 is 11.6 Å². The van der Waals surface area contributed by atoms with Crippen LogP contribution in [0.15, 0.2) is 70.2 Å². The zero-order valence-corrected chi connectivity index (χ0v) is 13.7. The van der Waals surface area contributed by atoms with E-state index >= 15 is 0 Å². The summed E-state index contributed by atoms with van der Waals surface area (Å²) in [5.41, 5.74) is 1.36. The molecule has 2 aromatic heterocycles. The first-order chi connectivity index (χ1) is 12.1. The van der Waals surface area contributed by atoms with Gasteiger partial charge in [-0.2, -0.15) is 0 Å². The molecule has 1 aromatic carbocycles. The molecule has 25 heavy (non-hydrogen) atoms. The second kappa shape index (κ2) is 6.93. The molecule has 0 saturated heterocycles. The van der Waals surface area contributed by atoms with E-state index in [9.17, 15) is 9.59 Å². The van der Waals surface area contributed by atoms with Gasteiger partial charge in [-0.1, -0.05) is 12.0 Å². The Hall–Kier alpha value is -3.52. The van der Waals surface area contributed by atoms with Crippen molar-refractivity contribution in [2.45, 2.75) is 6.54 Å². The fourth-order valence-corrected chi connectivity index (χ4v) is 2.44. The number of rotatable bonds is 4.